The van der Waals surface area contributed by atoms with E-state index >= 15 is 0 Å². The lowest BCUT2D eigenvalue weighted by Gasteiger charge is -2.15. The number of amides is 1. The second kappa shape index (κ2) is 7.11. The molecule has 0 aromatic carbocycles. The molecule has 6 heteroatoms. The maximum Gasteiger partial charge on any atom is 0.407 e. The molecule has 0 bridgehead atoms. The quantitative estimate of drug-likeness (QED) is 0.708. The Kier molecular flexibility index (Phi) is 5.76. The Bertz CT molecular complexity index is 270. The molecule has 0 aliphatic carbocycles. The molecule has 0 radical (unpaired) electrons. The van der Waals surface area contributed by atoms with Crippen molar-refractivity contribution in [3.8, 4) is 0 Å². The third-order valence-electron chi connectivity index (χ3n) is 2.86. The van der Waals surface area contributed by atoms with E-state index in [4.69, 9.17) is 0 Å². The van der Waals surface area contributed by atoms with Gasteiger partial charge in [-0.3, -0.25) is 4.79 Å². The van der Waals surface area contributed by atoms with Crippen molar-refractivity contribution in [2.75, 3.05) is 33.9 Å². The zero-order valence-corrected chi connectivity index (χ0v) is 10.4. The molecule has 0 spiro atoms. The number of carbonyl (C=O) groups excluding carboxylic acids is 2. The Labute approximate surface area is 101 Å². The zero-order valence-electron chi connectivity index (χ0n) is 10.4. The molecular weight excluding hydrogens is 224 g/mol. The molecule has 1 N–H and O–H groups in total. The summed E-state index contributed by atoms with van der Waals surface area (Å²) in [5.74, 6) is -0.173. The number of nitrogens with one attached hydrogen (secondary N) is 1. The number of hydrogen-bond acceptors (Lipinski definition) is 5. The number of carbonyl (C=O) groups is 2. The lowest BCUT2D eigenvalue weighted by Crippen LogP contribution is -2.37. The first-order valence-corrected chi connectivity index (χ1v) is 5.79. The van der Waals surface area contributed by atoms with Gasteiger partial charge in [-0.1, -0.05) is 0 Å². The molecule has 1 aliphatic heterocycles. The monoisotopic (exact) mass is 244 g/mol. The van der Waals surface area contributed by atoms with Crippen molar-refractivity contribution in [2.24, 2.45) is 0 Å². The van der Waals surface area contributed by atoms with E-state index in [2.05, 4.69) is 19.7 Å². The van der Waals surface area contributed by atoms with E-state index in [1.807, 2.05) is 0 Å². The summed E-state index contributed by atoms with van der Waals surface area (Å²) in [5.41, 5.74) is 0. The van der Waals surface area contributed by atoms with Crippen molar-refractivity contribution in [1.82, 2.24) is 10.2 Å². The van der Waals surface area contributed by atoms with Crippen LogP contribution < -0.4 is 5.32 Å². The molecule has 0 aromatic heterocycles. The van der Waals surface area contributed by atoms with E-state index in [1.165, 1.54) is 14.2 Å². The van der Waals surface area contributed by atoms with Crippen LogP contribution in [-0.4, -0.2) is 56.9 Å². The highest BCUT2D eigenvalue weighted by molar-refractivity contribution is 5.69. The molecule has 1 atom stereocenters. The summed E-state index contributed by atoms with van der Waals surface area (Å²) in [4.78, 5) is 24.1. The second-order valence-corrected chi connectivity index (χ2v) is 4.10. The molecular formula is C11H20N2O4. The zero-order chi connectivity index (χ0) is 12.7. The van der Waals surface area contributed by atoms with E-state index in [-0.39, 0.29) is 18.1 Å². The summed E-state index contributed by atoms with van der Waals surface area (Å²) < 4.78 is 9.12. The van der Waals surface area contributed by atoms with E-state index < -0.39 is 0 Å². The van der Waals surface area contributed by atoms with Gasteiger partial charge in [-0.25, -0.2) is 4.79 Å². The van der Waals surface area contributed by atoms with Gasteiger partial charge in [0, 0.05) is 25.6 Å². The summed E-state index contributed by atoms with van der Waals surface area (Å²) in [7, 11) is 2.76. The Morgan fingerprint density at radius 2 is 2.12 bits per heavy atom. The van der Waals surface area contributed by atoms with Crippen LogP contribution in [0.15, 0.2) is 0 Å². The third kappa shape index (κ3) is 5.04. The average molecular weight is 244 g/mol. The normalized spacial score (nSPS) is 20.0. The Morgan fingerprint density at radius 3 is 2.76 bits per heavy atom. The Morgan fingerprint density at radius 1 is 1.35 bits per heavy atom. The SMILES string of the molecule is COC(=O)CCCN1CCC(NC(=O)OC)C1. The van der Waals surface area contributed by atoms with Crippen molar-refractivity contribution in [1.29, 1.82) is 0 Å². The molecule has 1 amide bonds. The number of methoxy groups -OCH3 is 2. The molecule has 1 fully saturated rings. The number of alkyl carbamates (subject to hydrolysis) is 1. The van der Waals surface area contributed by atoms with Gasteiger partial charge >= 0.3 is 12.1 Å². The minimum absolute atomic E-state index is 0.153. The van der Waals surface area contributed by atoms with E-state index in [1.54, 1.807) is 0 Å². The van der Waals surface area contributed by atoms with Gasteiger partial charge in [-0.2, -0.15) is 0 Å². The van der Waals surface area contributed by atoms with Crippen LogP contribution in [0.2, 0.25) is 0 Å². The number of rotatable bonds is 5. The highest BCUT2D eigenvalue weighted by atomic mass is 16.5. The molecule has 17 heavy (non-hydrogen) atoms. The summed E-state index contributed by atoms with van der Waals surface area (Å²) >= 11 is 0. The molecule has 6 nitrogen and oxygen atoms in total. The number of likely N-dealkylation sites (tertiary alicyclic amines) is 1. The first-order valence-electron chi connectivity index (χ1n) is 5.79. The minimum atomic E-state index is -0.383. The van der Waals surface area contributed by atoms with Gasteiger partial charge in [0.05, 0.1) is 14.2 Å². The lowest BCUT2D eigenvalue weighted by atomic mass is 10.3. The highest BCUT2D eigenvalue weighted by Gasteiger charge is 2.23. The van der Waals surface area contributed by atoms with Crippen LogP contribution in [0.25, 0.3) is 0 Å². The molecule has 0 aromatic rings. The average Bonchev–Trinajstić information content (AvgIpc) is 2.76. The van der Waals surface area contributed by atoms with Gasteiger partial charge in [0.2, 0.25) is 0 Å². The van der Waals surface area contributed by atoms with Crippen molar-refractivity contribution >= 4 is 12.1 Å². The van der Waals surface area contributed by atoms with Crippen molar-refractivity contribution < 1.29 is 19.1 Å². The number of ether oxygens (including phenoxy) is 2. The summed E-state index contributed by atoms with van der Waals surface area (Å²) in [6, 6.07) is 0.153. The molecule has 98 valence electrons. The van der Waals surface area contributed by atoms with Gasteiger partial charge in [0.25, 0.3) is 0 Å². The van der Waals surface area contributed by atoms with E-state index in [0.717, 1.165) is 32.5 Å². The van der Waals surface area contributed by atoms with Crippen LogP contribution in [0.3, 0.4) is 0 Å². The van der Waals surface area contributed by atoms with Crippen LogP contribution in [0.4, 0.5) is 4.79 Å². The van der Waals surface area contributed by atoms with Gasteiger partial charge < -0.3 is 19.7 Å². The molecule has 1 rings (SSSR count). The topological polar surface area (TPSA) is 67.9 Å². The number of hydrogen-bond donors (Lipinski definition) is 1. The summed E-state index contributed by atoms with van der Waals surface area (Å²) in [5, 5.41) is 2.77. The van der Waals surface area contributed by atoms with Crippen LogP contribution in [-0.2, 0) is 14.3 Å². The Hall–Kier alpha value is -1.30. The molecule has 1 saturated heterocycles. The predicted octanol–water partition coefficient (Wildman–Crippen LogP) is 0.370. The summed E-state index contributed by atoms with van der Waals surface area (Å²) in [6.07, 6.45) is 1.78. The predicted molar refractivity (Wildman–Crippen MR) is 61.6 cm³/mol. The second-order valence-electron chi connectivity index (χ2n) is 4.10. The third-order valence-corrected chi connectivity index (χ3v) is 2.86. The fraction of sp³-hybridized carbons (Fsp3) is 0.818. The van der Waals surface area contributed by atoms with Crippen molar-refractivity contribution in [3.63, 3.8) is 0 Å². The minimum Gasteiger partial charge on any atom is -0.469 e. The van der Waals surface area contributed by atoms with Crippen LogP contribution in [0, 0.1) is 0 Å². The number of nitrogens with zero attached hydrogens (tertiary/aromatic N) is 1. The molecule has 1 heterocycles. The lowest BCUT2D eigenvalue weighted by molar-refractivity contribution is -0.140. The summed E-state index contributed by atoms with van der Waals surface area (Å²) in [6.45, 7) is 2.61. The fourth-order valence-corrected chi connectivity index (χ4v) is 1.93. The molecule has 1 aliphatic rings. The fourth-order valence-electron chi connectivity index (χ4n) is 1.93. The van der Waals surface area contributed by atoms with Crippen molar-refractivity contribution in [3.05, 3.63) is 0 Å². The van der Waals surface area contributed by atoms with Gasteiger partial charge in [-0.15, -0.1) is 0 Å². The molecule has 0 saturated carbocycles. The highest BCUT2D eigenvalue weighted by Crippen LogP contribution is 2.10. The molecule has 1 unspecified atom stereocenters. The van der Waals surface area contributed by atoms with Gasteiger partial charge in [0.1, 0.15) is 0 Å². The van der Waals surface area contributed by atoms with E-state index in [0.29, 0.717) is 6.42 Å². The smallest absolute Gasteiger partial charge is 0.407 e. The van der Waals surface area contributed by atoms with Crippen LogP contribution in [0.1, 0.15) is 19.3 Å². The first-order chi connectivity index (χ1) is 8.15. The Balaban J connectivity index is 2.13. The first kappa shape index (κ1) is 13.8. The van der Waals surface area contributed by atoms with Crippen molar-refractivity contribution in [2.45, 2.75) is 25.3 Å². The maximum absolute atomic E-state index is 11.0. The number of esters is 1. The van der Waals surface area contributed by atoms with E-state index in [9.17, 15) is 9.59 Å². The van der Waals surface area contributed by atoms with Crippen LogP contribution >= 0.6 is 0 Å². The van der Waals surface area contributed by atoms with Gasteiger partial charge in [0.15, 0.2) is 0 Å². The maximum atomic E-state index is 11.0. The largest absolute Gasteiger partial charge is 0.469 e. The van der Waals surface area contributed by atoms with Gasteiger partial charge in [-0.05, 0) is 19.4 Å². The van der Waals surface area contributed by atoms with Crippen LogP contribution in [0.5, 0.6) is 0 Å². The standard InChI is InChI=1S/C11H20N2O4/c1-16-10(14)4-3-6-13-7-5-9(8-13)12-11(15)17-2/h9H,3-8H2,1-2H3,(H,12,15).